The van der Waals surface area contributed by atoms with Crippen molar-refractivity contribution >= 4 is 40.6 Å². The molecule has 2 N–H and O–H groups in total. The number of aromatic nitrogens is 2. The van der Waals surface area contributed by atoms with E-state index in [2.05, 4.69) is 87.6 Å². The van der Waals surface area contributed by atoms with Gasteiger partial charge >= 0.3 is 0 Å². The minimum atomic E-state index is 0.491. The summed E-state index contributed by atoms with van der Waals surface area (Å²) < 4.78 is 5.80. The highest BCUT2D eigenvalue weighted by Gasteiger charge is 2.27. The highest BCUT2D eigenvalue weighted by Crippen LogP contribution is 2.35. The maximum Gasteiger partial charge on any atom is 0.229 e. The molecule has 0 bridgehead atoms. The van der Waals surface area contributed by atoms with Crippen LogP contribution in [0, 0.1) is 6.92 Å². The summed E-state index contributed by atoms with van der Waals surface area (Å²) in [6.07, 6.45) is 4.26. The number of anilines is 5. The van der Waals surface area contributed by atoms with Crippen molar-refractivity contribution in [1.29, 1.82) is 0 Å². The van der Waals surface area contributed by atoms with E-state index >= 15 is 0 Å². The molecule has 40 heavy (non-hydrogen) atoms. The average molecular weight is 562 g/mol. The monoisotopic (exact) mass is 561 g/mol. The zero-order valence-electron chi connectivity index (χ0n) is 24.5. The van der Waals surface area contributed by atoms with Crippen LogP contribution in [0.25, 0.3) is 0 Å². The van der Waals surface area contributed by atoms with Crippen molar-refractivity contribution in [2.45, 2.75) is 49.8 Å². The molecule has 0 radical (unpaired) electrons. The van der Waals surface area contributed by atoms with E-state index in [4.69, 9.17) is 9.72 Å². The lowest BCUT2D eigenvalue weighted by atomic mass is 10.0. The van der Waals surface area contributed by atoms with Crippen LogP contribution in [0.15, 0.2) is 53.6 Å². The van der Waals surface area contributed by atoms with Crippen LogP contribution in [-0.4, -0.2) is 84.5 Å². The summed E-state index contributed by atoms with van der Waals surface area (Å²) in [5.74, 6) is 2.10. The minimum absolute atomic E-state index is 0.491. The number of piperidine rings is 1. The molecular formula is C31H43N7OS. The number of thioether (sulfide) groups is 1. The van der Waals surface area contributed by atoms with E-state index in [1.165, 1.54) is 49.6 Å². The standard InChI is InChI=1S/C31H43N7OS/c1-22(2)40-29-9-7-6-8-27(29)33-30-23(3)21-32-31(35-30)34-26-11-10-25(20-28(26)39-5)37-14-12-24(13-15-37)38-18-16-36(4)17-19-38/h6-11,20-22,24H,12-19H2,1-5H3,(H2,32,33,34,35). The molecule has 2 saturated heterocycles. The lowest BCUT2D eigenvalue weighted by Gasteiger charge is -2.42. The number of ether oxygens (including phenoxy) is 1. The van der Waals surface area contributed by atoms with Crippen molar-refractivity contribution < 1.29 is 4.74 Å². The minimum Gasteiger partial charge on any atom is -0.494 e. The molecule has 2 aliphatic heterocycles. The quantitative estimate of drug-likeness (QED) is 0.306. The van der Waals surface area contributed by atoms with Crippen LogP contribution >= 0.6 is 11.8 Å². The number of nitrogens with one attached hydrogen (secondary N) is 2. The van der Waals surface area contributed by atoms with Gasteiger partial charge in [-0.15, -0.1) is 11.8 Å². The molecule has 5 rings (SSSR count). The molecule has 0 amide bonds. The lowest BCUT2D eigenvalue weighted by molar-refractivity contribution is 0.0982. The molecule has 3 aromatic rings. The SMILES string of the molecule is COc1cc(N2CCC(N3CCN(C)CC3)CC2)ccc1Nc1ncc(C)c(Nc2ccccc2SC(C)C)n1. The van der Waals surface area contributed by atoms with E-state index in [9.17, 15) is 0 Å². The van der Waals surface area contributed by atoms with Crippen LogP contribution in [0.2, 0.25) is 0 Å². The maximum absolute atomic E-state index is 5.80. The summed E-state index contributed by atoms with van der Waals surface area (Å²) in [5, 5.41) is 7.40. The third-order valence-corrected chi connectivity index (χ3v) is 8.87. The first-order valence-corrected chi connectivity index (χ1v) is 15.3. The summed E-state index contributed by atoms with van der Waals surface area (Å²) in [6, 6.07) is 15.4. The van der Waals surface area contributed by atoms with Gasteiger partial charge in [-0.3, -0.25) is 4.90 Å². The molecule has 2 aliphatic rings. The Kier molecular flexibility index (Phi) is 9.34. The average Bonchev–Trinajstić information content (AvgIpc) is 2.96. The van der Waals surface area contributed by atoms with Gasteiger partial charge in [-0.2, -0.15) is 4.98 Å². The number of likely N-dealkylation sites (N-methyl/N-ethyl adjacent to an activating group) is 1. The van der Waals surface area contributed by atoms with Gasteiger partial charge in [0.1, 0.15) is 11.6 Å². The van der Waals surface area contributed by atoms with Gasteiger partial charge in [0.2, 0.25) is 5.95 Å². The molecule has 0 unspecified atom stereocenters. The topological polar surface area (TPSA) is 68.8 Å². The fourth-order valence-electron chi connectivity index (χ4n) is 5.46. The Morgan fingerprint density at radius 2 is 1.70 bits per heavy atom. The summed E-state index contributed by atoms with van der Waals surface area (Å²) in [4.78, 5) is 18.2. The van der Waals surface area contributed by atoms with E-state index in [1.54, 1.807) is 7.11 Å². The Bertz CT molecular complexity index is 1270. The molecule has 2 fully saturated rings. The molecule has 214 valence electrons. The first kappa shape index (κ1) is 28.5. The number of piperazine rings is 1. The molecule has 3 heterocycles. The molecule has 2 aromatic carbocycles. The molecule has 1 aromatic heterocycles. The van der Waals surface area contributed by atoms with Gasteiger partial charge in [-0.1, -0.05) is 26.0 Å². The largest absolute Gasteiger partial charge is 0.494 e. The maximum atomic E-state index is 5.80. The summed E-state index contributed by atoms with van der Waals surface area (Å²) >= 11 is 1.84. The second-order valence-electron chi connectivity index (χ2n) is 11.1. The number of benzene rings is 2. The molecular weight excluding hydrogens is 518 g/mol. The lowest BCUT2D eigenvalue weighted by Crippen LogP contribution is -2.52. The van der Waals surface area contributed by atoms with Crippen molar-refractivity contribution in [2.75, 3.05) is 69.0 Å². The van der Waals surface area contributed by atoms with Crippen molar-refractivity contribution in [2.24, 2.45) is 0 Å². The van der Waals surface area contributed by atoms with Gasteiger partial charge in [0.15, 0.2) is 0 Å². The predicted molar refractivity (Wildman–Crippen MR) is 168 cm³/mol. The van der Waals surface area contributed by atoms with Gasteiger partial charge < -0.3 is 25.2 Å². The normalized spacial score (nSPS) is 17.3. The number of hydrogen-bond acceptors (Lipinski definition) is 9. The van der Waals surface area contributed by atoms with Crippen LogP contribution in [-0.2, 0) is 0 Å². The van der Waals surface area contributed by atoms with Crippen molar-refractivity contribution in [3.05, 3.63) is 54.2 Å². The van der Waals surface area contributed by atoms with Crippen LogP contribution in [0.1, 0.15) is 32.3 Å². The van der Waals surface area contributed by atoms with E-state index in [-0.39, 0.29) is 0 Å². The summed E-state index contributed by atoms with van der Waals surface area (Å²) in [7, 11) is 3.94. The number of aryl methyl sites for hydroxylation is 1. The van der Waals surface area contributed by atoms with Crippen LogP contribution in [0.3, 0.4) is 0 Å². The summed E-state index contributed by atoms with van der Waals surface area (Å²) in [6.45, 7) is 13.3. The van der Waals surface area contributed by atoms with Crippen molar-refractivity contribution in [1.82, 2.24) is 19.8 Å². The molecule has 0 atom stereocenters. The third-order valence-electron chi connectivity index (χ3n) is 7.79. The van der Waals surface area contributed by atoms with Gasteiger partial charge in [-0.25, -0.2) is 4.98 Å². The Morgan fingerprint density at radius 1 is 0.950 bits per heavy atom. The number of rotatable bonds is 9. The van der Waals surface area contributed by atoms with Gasteiger partial charge in [0, 0.05) is 79.0 Å². The zero-order chi connectivity index (χ0) is 28.1. The number of methoxy groups -OCH3 is 1. The first-order chi connectivity index (χ1) is 19.4. The van der Waals surface area contributed by atoms with Crippen LogP contribution < -0.4 is 20.3 Å². The molecule has 0 spiro atoms. The van der Waals surface area contributed by atoms with E-state index in [0.717, 1.165) is 41.6 Å². The van der Waals surface area contributed by atoms with E-state index < -0.39 is 0 Å². The molecule has 0 saturated carbocycles. The Hall–Kier alpha value is -3.01. The van der Waals surface area contributed by atoms with E-state index in [0.29, 0.717) is 17.2 Å². The van der Waals surface area contributed by atoms with Gasteiger partial charge in [0.05, 0.1) is 18.5 Å². The number of nitrogens with zero attached hydrogens (tertiary/aromatic N) is 5. The number of hydrogen-bond donors (Lipinski definition) is 2. The van der Waals surface area contributed by atoms with Crippen molar-refractivity contribution in [3.63, 3.8) is 0 Å². The van der Waals surface area contributed by atoms with Crippen molar-refractivity contribution in [3.8, 4) is 5.75 Å². The van der Waals surface area contributed by atoms with Gasteiger partial charge in [-0.05, 0) is 51.1 Å². The summed E-state index contributed by atoms with van der Waals surface area (Å²) in [5.41, 5.74) is 4.08. The molecule has 0 aliphatic carbocycles. The second kappa shape index (κ2) is 13.1. The third kappa shape index (κ3) is 7.00. The first-order valence-electron chi connectivity index (χ1n) is 14.4. The van der Waals surface area contributed by atoms with Crippen LogP contribution in [0.4, 0.5) is 28.8 Å². The van der Waals surface area contributed by atoms with Gasteiger partial charge in [0.25, 0.3) is 0 Å². The Balaban J connectivity index is 1.25. The second-order valence-corrected chi connectivity index (χ2v) is 12.7. The molecule has 8 nitrogen and oxygen atoms in total. The number of para-hydroxylation sites is 1. The van der Waals surface area contributed by atoms with Crippen LogP contribution in [0.5, 0.6) is 5.75 Å². The predicted octanol–water partition coefficient (Wildman–Crippen LogP) is 6.00. The fourth-order valence-corrected chi connectivity index (χ4v) is 6.37. The Morgan fingerprint density at radius 3 is 2.42 bits per heavy atom. The highest BCUT2D eigenvalue weighted by atomic mass is 32.2. The van der Waals surface area contributed by atoms with E-state index in [1.807, 2.05) is 30.9 Å². The Labute approximate surface area is 243 Å². The zero-order valence-corrected chi connectivity index (χ0v) is 25.3. The smallest absolute Gasteiger partial charge is 0.229 e. The molecule has 9 heteroatoms. The fraction of sp³-hybridized carbons (Fsp3) is 0.484. The highest BCUT2D eigenvalue weighted by molar-refractivity contribution is 8.00.